The average Bonchev–Trinajstić information content (AvgIpc) is 3.20. The van der Waals surface area contributed by atoms with Crippen LogP contribution in [0.3, 0.4) is 0 Å². The number of nitrogens with zero attached hydrogens (tertiary/aromatic N) is 3. The van der Waals surface area contributed by atoms with E-state index in [0.29, 0.717) is 44.1 Å². The largest absolute Gasteiger partial charge is 0.339 e. The summed E-state index contributed by atoms with van der Waals surface area (Å²) in [5.74, 6) is 1.28. The Balaban J connectivity index is 1.49. The lowest BCUT2D eigenvalue weighted by molar-refractivity contribution is 0.372. The first-order chi connectivity index (χ1) is 11.1. The summed E-state index contributed by atoms with van der Waals surface area (Å²) in [6.07, 6.45) is 3.55. The molecule has 0 aliphatic carbocycles. The maximum Gasteiger partial charge on any atom is 0.226 e. The predicted molar refractivity (Wildman–Crippen MR) is 86.5 cm³/mol. The van der Waals surface area contributed by atoms with E-state index < -0.39 is 10.0 Å². The number of rotatable bonds is 7. The number of sulfonamides is 1. The van der Waals surface area contributed by atoms with Gasteiger partial charge in [0.1, 0.15) is 0 Å². The fourth-order valence-corrected chi connectivity index (χ4v) is 4.32. The minimum atomic E-state index is -3.13. The standard InChI is InChI=1S/C16H21N3O3S/c20-23(21,19-10-4-5-11-19)12-6-9-16-17-15(18-22-16)13-14-7-2-1-3-8-14/h1-3,7-8H,4-6,9-13H2. The van der Waals surface area contributed by atoms with Crippen LogP contribution in [0.25, 0.3) is 0 Å². The molecule has 0 amide bonds. The summed E-state index contributed by atoms with van der Waals surface area (Å²) in [5.41, 5.74) is 1.12. The van der Waals surface area contributed by atoms with E-state index in [1.54, 1.807) is 4.31 Å². The second kappa shape index (κ2) is 7.23. The van der Waals surface area contributed by atoms with Gasteiger partial charge in [-0.05, 0) is 24.8 Å². The lowest BCUT2D eigenvalue weighted by Gasteiger charge is -2.14. The second-order valence-corrected chi connectivity index (χ2v) is 7.88. The second-order valence-electron chi connectivity index (χ2n) is 5.79. The maximum atomic E-state index is 12.1. The van der Waals surface area contributed by atoms with Crippen molar-refractivity contribution in [2.75, 3.05) is 18.8 Å². The van der Waals surface area contributed by atoms with Gasteiger partial charge in [0, 0.05) is 25.9 Å². The van der Waals surface area contributed by atoms with Crippen LogP contribution in [-0.2, 0) is 22.9 Å². The molecule has 0 radical (unpaired) electrons. The van der Waals surface area contributed by atoms with E-state index in [1.807, 2.05) is 30.3 Å². The molecular weight excluding hydrogens is 314 g/mol. The Morgan fingerprint density at radius 1 is 1.13 bits per heavy atom. The molecule has 1 aromatic heterocycles. The van der Waals surface area contributed by atoms with Gasteiger partial charge in [-0.25, -0.2) is 12.7 Å². The van der Waals surface area contributed by atoms with Gasteiger partial charge in [0.15, 0.2) is 5.82 Å². The van der Waals surface area contributed by atoms with Crippen LogP contribution in [0.1, 0.15) is 36.5 Å². The number of hydrogen-bond donors (Lipinski definition) is 0. The van der Waals surface area contributed by atoms with Crippen molar-refractivity contribution in [3.05, 3.63) is 47.6 Å². The molecule has 0 saturated carbocycles. The van der Waals surface area contributed by atoms with E-state index in [2.05, 4.69) is 10.1 Å². The van der Waals surface area contributed by atoms with Gasteiger partial charge in [0.05, 0.1) is 5.75 Å². The van der Waals surface area contributed by atoms with E-state index in [4.69, 9.17) is 4.52 Å². The third-order valence-electron chi connectivity index (χ3n) is 3.97. The van der Waals surface area contributed by atoms with Crippen molar-refractivity contribution in [1.82, 2.24) is 14.4 Å². The Morgan fingerprint density at radius 2 is 1.87 bits per heavy atom. The van der Waals surface area contributed by atoms with Crippen molar-refractivity contribution < 1.29 is 12.9 Å². The number of benzene rings is 1. The Hall–Kier alpha value is -1.73. The van der Waals surface area contributed by atoms with Crippen molar-refractivity contribution in [3.8, 4) is 0 Å². The van der Waals surface area contributed by atoms with Crippen LogP contribution in [-0.4, -0.2) is 41.7 Å². The summed E-state index contributed by atoms with van der Waals surface area (Å²) in [5, 5.41) is 3.96. The van der Waals surface area contributed by atoms with Crippen LogP contribution in [0, 0.1) is 0 Å². The van der Waals surface area contributed by atoms with E-state index in [9.17, 15) is 8.42 Å². The van der Waals surface area contributed by atoms with Gasteiger partial charge in [-0.2, -0.15) is 4.98 Å². The van der Waals surface area contributed by atoms with Gasteiger partial charge in [-0.3, -0.25) is 0 Å². The highest BCUT2D eigenvalue weighted by Gasteiger charge is 2.24. The first-order valence-electron chi connectivity index (χ1n) is 7.97. The molecule has 1 fully saturated rings. The summed E-state index contributed by atoms with van der Waals surface area (Å²) in [6.45, 7) is 1.31. The smallest absolute Gasteiger partial charge is 0.226 e. The molecule has 23 heavy (non-hydrogen) atoms. The van der Waals surface area contributed by atoms with Crippen molar-refractivity contribution in [3.63, 3.8) is 0 Å². The molecule has 1 aliphatic heterocycles. The molecule has 3 rings (SSSR count). The summed E-state index contributed by atoms with van der Waals surface area (Å²) >= 11 is 0. The topological polar surface area (TPSA) is 76.3 Å². The molecule has 124 valence electrons. The molecule has 1 aliphatic rings. The first-order valence-corrected chi connectivity index (χ1v) is 9.58. The minimum absolute atomic E-state index is 0.142. The molecule has 0 unspecified atom stereocenters. The lowest BCUT2D eigenvalue weighted by Crippen LogP contribution is -2.30. The lowest BCUT2D eigenvalue weighted by atomic mass is 10.1. The zero-order chi connectivity index (χ0) is 16.1. The van der Waals surface area contributed by atoms with E-state index in [1.165, 1.54) is 0 Å². The maximum absolute atomic E-state index is 12.1. The number of aryl methyl sites for hydroxylation is 1. The SMILES string of the molecule is O=S(=O)(CCCc1nc(Cc2ccccc2)no1)N1CCCC1. The zero-order valence-corrected chi connectivity index (χ0v) is 13.8. The van der Waals surface area contributed by atoms with Crippen LogP contribution in [0.4, 0.5) is 0 Å². The summed E-state index contributed by atoms with van der Waals surface area (Å²) in [7, 11) is -3.13. The monoisotopic (exact) mass is 335 g/mol. The highest BCUT2D eigenvalue weighted by molar-refractivity contribution is 7.89. The average molecular weight is 335 g/mol. The number of aromatic nitrogens is 2. The van der Waals surface area contributed by atoms with Crippen LogP contribution in [0.5, 0.6) is 0 Å². The summed E-state index contributed by atoms with van der Waals surface area (Å²) in [6, 6.07) is 9.93. The molecule has 2 heterocycles. The van der Waals surface area contributed by atoms with Gasteiger partial charge in [-0.1, -0.05) is 35.5 Å². The van der Waals surface area contributed by atoms with Gasteiger partial charge >= 0.3 is 0 Å². The quantitative estimate of drug-likeness (QED) is 0.774. The highest BCUT2D eigenvalue weighted by Crippen LogP contribution is 2.15. The molecule has 0 spiro atoms. The Labute approximate surface area is 136 Å². The third-order valence-corrected chi connectivity index (χ3v) is 5.92. The van der Waals surface area contributed by atoms with Crippen molar-refractivity contribution >= 4 is 10.0 Å². The van der Waals surface area contributed by atoms with Crippen molar-refractivity contribution in [2.45, 2.75) is 32.1 Å². The minimum Gasteiger partial charge on any atom is -0.339 e. The van der Waals surface area contributed by atoms with E-state index >= 15 is 0 Å². The fourth-order valence-electron chi connectivity index (χ4n) is 2.74. The van der Waals surface area contributed by atoms with Gasteiger partial charge in [0.25, 0.3) is 0 Å². The highest BCUT2D eigenvalue weighted by atomic mass is 32.2. The van der Waals surface area contributed by atoms with Crippen LogP contribution in [0.15, 0.2) is 34.9 Å². The molecule has 7 heteroatoms. The molecule has 0 bridgehead atoms. The van der Waals surface area contributed by atoms with Crippen molar-refractivity contribution in [2.24, 2.45) is 0 Å². The first kappa shape index (κ1) is 16.1. The molecule has 0 atom stereocenters. The Bertz CT molecular complexity index is 722. The molecular formula is C16H21N3O3S. The third kappa shape index (κ3) is 4.39. The number of hydrogen-bond acceptors (Lipinski definition) is 5. The summed E-state index contributed by atoms with van der Waals surface area (Å²) < 4.78 is 31.0. The zero-order valence-electron chi connectivity index (χ0n) is 13.0. The Kier molecular flexibility index (Phi) is 5.07. The van der Waals surface area contributed by atoms with E-state index in [-0.39, 0.29) is 5.75 Å². The molecule has 6 nitrogen and oxygen atoms in total. The summed E-state index contributed by atoms with van der Waals surface area (Å²) in [4.78, 5) is 4.34. The van der Waals surface area contributed by atoms with Crippen LogP contribution < -0.4 is 0 Å². The molecule has 1 aromatic carbocycles. The van der Waals surface area contributed by atoms with Gasteiger partial charge < -0.3 is 4.52 Å². The van der Waals surface area contributed by atoms with Gasteiger partial charge in [0.2, 0.25) is 15.9 Å². The van der Waals surface area contributed by atoms with Crippen LogP contribution in [0.2, 0.25) is 0 Å². The predicted octanol–water partition coefficient (Wildman–Crippen LogP) is 2.02. The normalized spacial score (nSPS) is 16.0. The Morgan fingerprint density at radius 3 is 2.61 bits per heavy atom. The van der Waals surface area contributed by atoms with Crippen LogP contribution >= 0.6 is 0 Å². The van der Waals surface area contributed by atoms with Crippen molar-refractivity contribution in [1.29, 1.82) is 0 Å². The van der Waals surface area contributed by atoms with E-state index in [0.717, 1.165) is 18.4 Å². The van der Waals surface area contributed by atoms with Gasteiger partial charge in [-0.15, -0.1) is 0 Å². The molecule has 1 saturated heterocycles. The fraction of sp³-hybridized carbons (Fsp3) is 0.500. The molecule has 0 N–H and O–H groups in total. The molecule has 2 aromatic rings.